The highest BCUT2D eigenvalue weighted by atomic mass is 32.2. The highest BCUT2D eigenvalue weighted by Crippen LogP contribution is 2.45. The molecular formula is C37H31N11O5S3. The number of carbonyl (C=O) groups is 3. The second-order valence-corrected chi connectivity index (χ2v) is 15.1. The van der Waals surface area contributed by atoms with Crippen molar-refractivity contribution >= 4 is 75.7 Å². The molecule has 5 N–H and O–H groups in total. The van der Waals surface area contributed by atoms with Crippen LogP contribution in [0.25, 0.3) is 5.65 Å². The number of nitrogens with zero attached hydrogens (tertiary/aromatic N) is 8. The number of fused-ring (bicyclic) bond motifs is 2. The minimum absolute atomic E-state index is 0.165. The number of thiazole rings is 1. The van der Waals surface area contributed by atoms with Gasteiger partial charge in [-0.1, -0.05) is 96.2 Å². The number of tetrazole rings is 1. The lowest BCUT2D eigenvalue weighted by atomic mass is 9.77. The summed E-state index contributed by atoms with van der Waals surface area (Å²) in [6, 6.07) is 30.4. The molecule has 0 aliphatic carbocycles. The number of hydrogen-bond donors (Lipinski definition) is 5. The summed E-state index contributed by atoms with van der Waals surface area (Å²) >= 11 is 7.22. The zero-order valence-corrected chi connectivity index (χ0v) is 31.8. The van der Waals surface area contributed by atoms with E-state index in [0.717, 1.165) is 26.2 Å². The minimum atomic E-state index is -1.33. The summed E-state index contributed by atoms with van der Waals surface area (Å²) < 4.78 is 1.13. The first-order valence-corrected chi connectivity index (χ1v) is 19.4. The summed E-state index contributed by atoms with van der Waals surface area (Å²) in [6.45, 7) is 0. The zero-order chi connectivity index (χ0) is 39.0. The van der Waals surface area contributed by atoms with Gasteiger partial charge in [-0.15, -0.1) is 32.8 Å². The molecule has 2 amide bonds. The summed E-state index contributed by atoms with van der Waals surface area (Å²) in [5.41, 5.74) is 8.98. The Morgan fingerprint density at radius 1 is 1.04 bits per heavy atom. The molecule has 19 heteroatoms. The average Bonchev–Trinajstić information content (AvgIpc) is 3.91. The van der Waals surface area contributed by atoms with Gasteiger partial charge in [0.25, 0.3) is 11.8 Å². The SMILES string of the molecule is CO/N=C(\C(=O)NC1C(=O)N2C(C(=O)O)=C(C(S)c3cc(N)c4nnnn4n3)CSC12)c1csc(NC(c2ccccc2)(c2ccccc2)c2ccccc2)n1. The molecule has 3 unspecified atom stereocenters. The average molecular weight is 806 g/mol. The number of thiol groups is 1. The third-order valence-corrected chi connectivity index (χ3v) is 12.0. The minimum Gasteiger partial charge on any atom is -0.477 e. The Morgan fingerprint density at radius 2 is 1.66 bits per heavy atom. The number of β-lactam (4-membered cyclic amide) rings is 1. The number of benzene rings is 3. The number of aromatic nitrogens is 6. The Labute approximate surface area is 332 Å². The quantitative estimate of drug-likeness (QED) is 0.0393. The van der Waals surface area contributed by atoms with Crippen LogP contribution >= 0.6 is 35.7 Å². The molecule has 56 heavy (non-hydrogen) atoms. The lowest BCUT2D eigenvalue weighted by Gasteiger charge is -2.49. The molecule has 3 aromatic carbocycles. The highest BCUT2D eigenvalue weighted by molar-refractivity contribution is 8.00. The van der Waals surface area contributed by atoms with E-state index >= 15 is 0 Å². The van der Waals surface area contributed by atoms with Gasteiger partial charge in [-0.2, -0.15) is 17.7 Å². The van der Waals surface area contributed by atoms with Crippen molar-refractivity contribution in [3.8, 4) is 0 Å². The number of oxime groups is 1. The summed E-state index contributed by atoms with van der Waals surface area (Å²) in [5.74, 6) is -2.51. The number of nitrogen functional groups attached to an aromatic ring is 1. The van der Waals surface area contributed by atoms with Crippen molar-refractivity contribution in [1.29, 1.82) is 0 Å². The topological polar surface area (TPSA) is 215 Å². The van der Waals surface area contributed by atoms with Crippen LogP contribution < -0.4 is 16.4 Å². The molecule has 1 saturated heterocycles. The summed E-state index contributed by atoms with van der Waals surface area (Å²) in [5, 5.41) is 36.8. The first-order valence-electron chi connectivity index (χ1n) is 17.0. The van der Waals surface area contributed by atoms with Gasteiger partial charge >= 0.3 is 5.97 Å². The van der Waals surface area contributed by atoms with Crippen LogP contribution in [-0.2, 0) is 24.8 Å². The van der Waals surface area contributed by atoms with E-state index in [1.807, 2.05) is 91.0 Å². The zero-order valence-electron chi connectivity index (χ0n) is 29.3. The fourth-order valence-corrected chi connectivity index (χ4v) is 9.44. The van der Waals surface area contributed by atoms with E-state index in [9.17, 15) is 19.5 Å². The number of hydrogen-bond acceptors (Lipinski definition) is 15. The van der Waals surface area contributed by atoms with E-state index < -0.39 is 40.0 Å². The van der Waals surface area contributed by atoms with Crippen molar-refractivity contribution < 1.29 is 24.3 Å². The predicted molar refractivity (Wildman–Crippen MR) is 213 cm³/mol. The van der Waals surface area contributed by atoms with Crippen LogP contribution in [0.1, 0.15) is 33.3 Å². The Hall–Kier alpha value is -6.31. The molecule has 3 atom stereocenters. The molecule has 0 bridgehead atoms. The maximum atomic E-state index is 13.9. The number of thioether (sulfide) groups is 1. The maximum absolute atomic E-state index is 13.9. The highest BCUT2D eigenvalue weighted by Gasteiger charge is 2.55. The van der Waals surface area contributed by atoms with Crippen LogP contribution in [0.3, 0.4) is 0 Å². The fraction of sp³-hybridized carbons (Fsp3) is 0.162. The molecule has 0 saturated carbocycles. The normalized spacial score (nSPS) is 17.6. The Bertz CT molecular complexity index is 2420. The number of anilines is 2. The molecule has 6 aromatic rings. The van der Waals surface area contributed by atoms with Gasteiger partial charge in [-0.05, 0) is 38.8 Å². The van der Waals surface area contributed by atoms with Gasteiger partial charge in [0, 0.05) is 11.1 Å². The van der Waals surface area contributed by atoms with Gasteiger partial charge in [-0.3, -0.25) is 14.5 Å². The Morgan fingerprint density at radius 3 is 2.25 bits per heavy atom. The molecule has 282 valence electrons. The summed E-state index contributed by atoms with van der Waals surface area (Å²) in [7, 11) is 1.30. The van der Waals surface area contributed by atoms with E-state index in [2.05, 4.69) is 49.0 Å². The maximum Gasteiger partial charge on any atom is 0.352 e. The molecule has 0 radical (unpaired) electrons. The Balaban J connectivity index is 1.05. The standard InChI is InChI=1S/C37H31N11O5S3/c1-53-44-27(26-19-56-36(39-26)41-37(20-11-5-2-6-12-20,21-13-7-3-8-14-21)22-15-9-4-10-16-22)32(49)40-28-33(50)47-29(35(51)52)23(18-55-34(28)47)30(54)25-17-24(38)31-42-45-46-48(31)43-25/h2-17,19,28,30,34,54H,18,38H2,1H3,(H,39,41)(H,40,49)(H,51,52)/b44-27-. The Kier molecular flexibility index (Phi) is 9.87. The molecule has 3 aromatic heterocycles. The van der Waals surface area contributed by atoms with E-state index in [1.165, 1.54) is 36.3 Å². The molecule has 2 aliphatic rings. The van der Waals surface area contributed by atoms with Crippen molar-refractivity contribution in [2.45, 2.75) is 22.2 Å². The number of carboxylic acid groups (broad SMARTS) is 1. The van der Waals surface area contributed by atoms with Gasteiger partial charge < -0.3 is 26.3 Å². The third-order valence-electron chi connectivity index (χ3n) is 9.38. The van der Waals surface area contributed by atoms with Crippen LogP contribution in [0, 0.1) is 0 Å². The van der Waals surface area contributed by atoms with Crippen LogP contribution in [0.5, 0.6) is 0 Å². The second-order valence-electron chi connectivity index (χ2n) is 12.6. The number of nitrogens with one attached hydrogen (secondary N) is 2. The third kappa shape index (κ3) is 6.38. The number of carboxylic acids is 1. The van der Waals surface area contributed by atoms with Crippen molar-refractivity contribution in [3.05, 3.63) is 142 Å². The van der Waals surface area contributed by atoms with Crippen LogP contribution in [0.4, 0.5) is 10.8 Å². The number of aliphatic carboxylic acids is 1. The molecule has 5 heterocycles. The van der Waals surface area contributed by atoms with E-state index in [1.54, 1.807) is 5.38 Å². The number of carbonyl (C=O) groups excluding carboxylic acids is 2. The van der Waals surface area contributed by atoms with Crippen LogP contribution in [0.15, 0.2) is 119 Å². The van der Waals surface area contributed by atoms with Crippen molar-refractivity contribution in [2.24, 2.45) is 5.16 Å². The summed E-state index contributed by atoms with van der Waals surface area (Å²) in [4.78, 5) is 51.2. The second kappa shape index (κ2) is 15.1. The lowest BCUT2D eigenvalue weighted by Crippen LogP contribution is -2.71. The van der Waals surface area contributed by atoms with E-state index in [-0.39, 0.29) is 34.2 Å². The first kappa shape index (κ1) is 36.7. The van der Waals surface area contributed by atoms with Gasteiger partial charge in [0.1, 0.15) is 35.5 Å². The largest absolute Gasteiger partial charge is 0.477 e. The van der Waals surface area contributed by atoms with Crippen molar-refractivity contribution in [2.75, 3.05) is 23.9 Å². The van der Waals surface area contributed by atoms with Gasteiger partial charge in [0.05, 0.1) is 16.6 Å². The number of rotatable bonds is 12. The molecule has 2 aliphatic heterocycles. The van der Waals surface area contributed by atoms with Crippen molar-refractivity contribution in [3.63, 3.8) is 0 Å². The van der Waals surface area contributed by atoms with E-state index in [4.69, 9.17) is 15.6 Å². The van der Waals surface area contributed by atoms with Crippen LogP contribution in [0.2, 0.25) is 0 Å². The first-order chi connectivity index (χ1) is 27.2. The molecule has 1 fully saturated rings. The molecule has 16 nitrogen and oxygen atoms in total. The lowest BCUT2D eigenvalue weighted by molar-refractivity contribution is -0.150. The fourth-order valence-electron chi connectivity index (χ4n) is 6.84. The van der Waals surface area contributed by atoms with Crippen molar-refractivity contribution in [1.82, 2.24) is 40.5 Å². The number of amides is 2. The van der Waals surface area contributed by atoms with Crippen LogP contribution in [-0.4, -0.2) is 88.0 Å². The molecule has 0 spiro atoms. The summed E-state index contributed by atoms with van der Waals surface area (Å²) in [6.07, 6.45) is 0. The molecular weight excluding hydrogens is 775 g/mol. The van der Waals surface area contributed by atoms with E-state index in [0.29, 0.717) is 16.4 Å². The van der Waals surface area contributed by atoms with Gasteiger partial charge in [0.15, 0.2) is 10.8 Å². The monoisotopic (exact) mass is 805 g/mol. The van der Waals surface area contributed by atoms with Gasteiger partial charge in [-0.25, -0.2) is 9.78 Å². The van der Waals surface area contributed by atoms with Gasteiger partial charge in [0.2, 0.25) is 5.65 Å². The predicted octanol–water partition coefficient (Wildman–Crippen LogP) is 3.72. The smallest absolute Gasteiger partial charge is 0.352 e. The number of nitrogens with two attached hydrogens (primary N) is 1. The molecule has 8 rings (SSSR count).